The second-order valence-corrected chi connectivity index (χ2v) is 12.0. The number of aliphatic hydroxyl groups excluding tert-OH is 1. The van der Waals surface area contributed by atoms with Crippen LogP contribution in [0.4, 0.5) is 0 Å². The molecule has 2 heterocycles. The normalized spacial score (nSPS) is 42.0. The van der Waals surface area contributed by atoms with Gasteiger partial charge in [-0.1, -0.05) is 13.0 Å². The van der Waals surface area contributed by atoms with E-state index in [1.807, 2.05) is 0 Å². The summed E-state index contributed by atoms with van der Waals surface area (Å²) in [5.41, 5.74) is -5.83. The van der Waals surface area contributed by atoms with Crippen molar-refractivity contribution < 1.29 is 72.1 Å². The van der Waals surface area contributed by atoms with Gasteiger partial charge in [0.15, 0.2) is 30.0 Å². The van der Waals surface area contributed by atoms with E-state index in [1.165, 1.54) is 32.1 Å². The van der Waals surface area contributed by atoms with Crippen LogP contribution in [-0.2, 0) is 61.9 Å². The van der Waals surface area contributed by atoms with Crippen LogP contribution in [0, 0.1) is 17.3 Å². The molecule has 2 N–H and O–H groups in total. The smallest absolute Gasteiger partial charge is 0.312 e. The van der Waals surface area contributed by atoms with Crippen molar-refractivity contribution in [3.8, 4) is 0 Å². The van der Waals surface area contributed by atoms with Gasteiger partial charge in [0.2, 0.25) is 0 Å². The first kappa shape index (κ1) is 34.1. The molecule has 1 saturated carbocycles. The van der Waals surface area contributed by atoms with E-state index in [1.54, 1.807) is 0 Å². The van der Waals surface area contributed by atoms with Crippen LogP contribution in [0.15, 0.2) is 23.8 Å². The Bertz CT molecular complexity index is 1330. The average Bonchev–Trinajstić information content (AvgIpc) is 3.68. The molecule has 2 saturated heterocycles. The van der Waals surface area contributed by atoms with Crippen LogP contribution in [-0.4, -0.2) is 107 Å². The summed E-state index contributed by atoms with van der Waals surface area (Å²) in [4.78, 5) is 76.1. The van der Waals surface area contributed by atoms with Crippen molar-refractivity contribution in [1.29, 1.82) is 0 Å². The lowest BCUT2D eigenvalue weighted by Gasteiger charge is -2.59. The van der Waals surface area contributed by atoms with Crippen molar-refractivity contribution in [1.82, 2.24) is 0 Å². The van der Waals surface area contributed by atoms with E-state index in [0.717, 1.165) is 34.6 Å². The van der Waals surface area contributed by atoms with Gasteiger partial charge in [-0.3, -0.25) is 28.8 Å². The molecule has 2 aliphatic heterocycles. The Labute approximate surface area is 258 Å². The number of carbonyl (C=O) groups excluding carboxylic acids is 6. The van der Waals surface area contributed by atoms with Crippen molar-refractivity contribution in [2.45, 2.75) is 96.3 Å². The lowest BCUT2D eigenvalue weighted by atomic mass is 9.51. The van der Waals surface area contributed by atoms with Gasteiger partial charge < -0.3 is 43.4 Å². The van der Waals surface area contributed by atoms with Gasteiger partial charge in [0.05, 0.1) is 24.5 Å². The summed E-state index contributed by atoms with van der Waals surface area (Å²) in [5.74, 6) is -7.91. The highest BCUT2D eigenvalue weighted by Gasteiger charge is 2.81. The first-order chi connectivity index (χ1) is 20.9. The van der Waals surface area contributed by atoms with Gasteiger partial charge in [-0.2, -0.15) is 0 Å². The molecule has 0 aromatic rings. The van der Waals surface area contributed by atoms with E-state index in [4.69, 9.17) is 33.2 Å². The van der Waals surface area contributed by atoms with Crippen LogP contribution in [0.5, 0.6) is 0 Å². The Morgan fingerprint density at radius 3 is 1.87 bits per heavy atom. The topological polar surface area (TPSA) is 211 Å². The molecule has 0 amide bonds. The van der Waals surface area contributed by atoms with Gasteiger partial charge in [0, 0.05) is 40.5 Å². The monoisotopic (exact) mass is 638 g/mol. The minimum Gasteiger partial charge on any atom is -0.459 e. The molecular weight excluding hydrogens is 600 g/mol. The van der Waals surface area contributed by atoms with E-state index in [2.05, 4.69) is 0 Å². The first-order valence-corrected chi connectivity index (χ1v) is 14.4. The Hall–Kier alpha value is -3.82. The Kier molecular flexibility index (Phi) is 9.21. The zero-order valence-corrected chi connectivity index (χ0v) is 26.0. The molecule has 4 aliphatic rings. The third-order valence-electron chi connectivity index (χ3n) is 8.99. The minimum atomic E-state index is -2.38. The number of aliphatic hydroxyl groups is 2. The second kappa shape index (κ2) is 12.2. The molecule has 7 unspecified atom stereocenters. The van der Waals surface area contributed by atoms with Gasteiger partial charge >= 0.3 is 35.8 Å². The van der Waals surface area contributed by atoms with Gasteiger partial charge in [-0.15, -0.1) is 0 Å². The average molecular weight is 639 g/mol. The number of epoxide rings is 1. The van der Waals surface area contributed by atoms with Crippen molar-refractivity contribution in [2.75, 3.05) is 13.2 Å². The Balaban J connectivity index is 2.17. The highest BCUT2D eigenvalue weighted by Crippen LogP contribution is 2.63. The van der Waals surface area contributed by atoms with Crippen LogP contribution in [0.25, 0.3) is 0 Å². The molecule has 2 aliphatic carbocycles. The van der Waals surface area contributed by atoms with Crippen LogP contribution in [0.3, 0.4) is 0 Å². The fourth-order valence-electron chi connectivity index (χ4n) is 7.11. The standard InChI is InChI=1S/C30H38O15/c1-13-27(37)45-21-10-19(11-31)8-9-20(40-14(2)32)28(7)23(26(30(13,21)38)44-18(6)36)29(12-39-29)25(43-17(5)35)22(41-15(3)33)24(28)42-16(4)34/h8-10,13,20-26,31,38H,11-12H2,1-7H3/b9-8-,19-10+/t13?,20-,21?,22?,23?,24?,25?,26-,28-,29+,30?/m1/s1. The number of esters is 6. The van der Waals surface area contributed by atoms with E-state index in [0.29, 0.717) is 0 Å². The number of ether oxygens (including phenoxy) is 7. The lowest BCUT2D eigenvalue weighted by Crippen LogP contribution is -2.76. The molecule has 0 aromatic carbocycles. The molecule has 11 atom stereocenters. The molecule has 0 bridgehead atoms. The molecular formula is C30H38O15. The van der Waals surface area contributed by atoms with Gasteiger partial charge in [0.25, 0.3) is 0 Å². The SMILES string of the molecule is CC(=O)OC1C(OC(C)=O)[C@]2(CO2)C2[C@@H](OC(C)=O)C3(O)C(/C=C(CO)\C=C/[C@@H](OC(C)=O)[C@@]2(C)C1OC(C)=O)OC(=O)C3C. The molecule has 3 fully saturated rings. The summed E-state index contributed by atoms with van der Waals surface area (Å²) in [7, 11) is 0. The highest BCUT2D eigenvalue weighted by atomic mass is 16.7. The summed E-state index contributed by atoms with van der Waals surface area (Å²) in [6.45, 7) is 7.42. The molecule has 0 aromatic heterocycles. The third-order valence-corrected chi connectivity index (χ3v) is 8.99. The zero-order valence-electron chi connectivity index (χ0n) is 26.0. The van der Waals surface area contributed by atoms with E-state index >= 15 is 0 Å². The number of fused-ring (bicyclic) bond motifs is 3. The largest absolute Gasteiger partial charge is 0.459 e. The third kappa shape index (κ3) is 5.84. The number of rotatable bonds is 6. The minimum absolute atomic E-state index is 0.118. The second-order valence-electron chi connectivity index (χ2n) is 12.0. The molecule has 1 spiro atoms. The highest BCUT2D eigenvalue weighted by molar-refractivity contribution is 5.78. The lowest BCUT2D eigenvalue weighted by molar-refractivity contribution is -0.279. The molecule has 45 heavy (non-hydrogen) atoms. The maximum atomic E-state index is 13.1. The van der Waals surface area contributed by atoms with Crippen LogP contribution in [0.1, 0.15) is 48.5 Å². The summed E-state index contributed by atoms with van der Waals surface area (Å²) < 4.78 is 40.4. The predicted octanol–water partition coefficient (Wildman–Crippen LogP) is -0.169. The maximum absolute atomic E-state index is 13.1. The molecule has 4 rings (SSSR count). The predicted molar refractivity (Wildman–Crippen MR) is 146 cm³/mol. The van der Waals surface area contributed by atoms with Crippen LogP contribution < -0.4 is 0 Å². The van der Waals surface area contributed by atoms with E-state index in [9.17, 15) is 39.0 Å². The fraction of sp³-hybridized carbons (Fsp3) is 0.667. The van der Waals surface area contributed by atoms with Crippen LogP contribution in [0.2, 0.25) is 0 Å². The summed E-state index contributed by atoms with van der Waals surface area (Å²) >= 11 is 0. The fourth-order valence-corrected chi connectivity index (χ4v) is 7.11. The number of hydrogen-bond donors (Lipinski definition) is 2. The number of hydrogen-bond acceptors (Lipinski definition) is 15. The van der Waals surface area contributed by atoms with Gasteiger partial charge in [-0.05, 0) is 24.6 Å². The van der Waals surface area contributed by atoms with E-state index in [-0.39, 0.29) is 12.2 Å². The zero-order chi connectivity index (χ0) is 33.6. The van der Waals surface area contributed by atoms with Crippen molar-refractivity contribution in [2.24, 2.45) is 17.3 Å². The van der Waals surface area contributed by atoms with Gasteiger partial charge in [0.1, 0.15) is 17.8 Å². The Morgan fingerprint density at radius 2 is 1.38 bits per heavy atom. The Morgan fingerprint density at radius 1 is 0.867 bits per heavy atom. The van der Waals surface area contributed by atoms with Gasteiger partial charge in [-0.25, -0.2) is 0 Å². The summed E-state index contributed by atoms with van der Waals surface area (Å²) in [5, 5.41) is 22.8. The molecule has 15 heteroatoms. The first-order valence-electron chi connectivity index (χ1n) is 14.4. The van der Waals surface area contributed by atoms with Crippen molar-refractivity contribution in [3.05, 3.63) is 23.8 Å². The summed E-state index contributed by atoms with van der Waals surface area (Å²) in [6, 6.07) is 0. The number of carbonyl (C=O) groups is 6. The van der Waals surface area contributed by atoms with Crippen LogP contribution >= 0.6 is 0 Å². The van der Waals surface area contributed by atoms with Crippen molar-refractivity contribution >= 4 is 35.8 Å². The molecule has 248 valence electrons. The molecule has 15 nitrogen and oxygen atoms in total. The maximum Gasteiger partial charge on any atom is 0.312 e. The van der Waals surface area contributed by atoms with Crippen molar-refractivity contribution in [3.63, 3.8) is 0 Å². The summed E-state index contributed by atoms with van der Waals surface area (Å²) in [6.07, 6.45) is -5.38. The quantitative estimate of drug-likeness (QED) is 0.220. The molecule has 0 radical (unpaired) electrons. The van der Waals surface area contributed by atoms with E-state index < -0.39 is 107 Å².